The first-order valence-corrected chi connectivity index (χ1v) is 6.47. The van der Waals surface area contributed by atoms with Crippen molar-refractivity contribution in [2.75, 3.05) is 13.6 Å². The van der Waals surface area contributed by atoms with Gasteiger partial charge in [-0.15, -0.1) is 0 Å². The molecule has 104 valence electrons. The lowest BCUT2D eigenvalue weighted by atomic mass is 10.1. The van der Waals surface area contributed by atoms with Crippen molar-refractivity contribution in [1.82, 2.24) is 14.7 Å². The summed E-state index contributed by atoms with van der Waals surface area (Å²) in [6, 6.07) is 4.14. The number of hydrogen-bond acceptors (Lipinski definition) is 4. The Morgan fingerprint density at radius 3 is 2.63 bits per heavy atom. The van der Waals surface area contributed by atoms with Crippen LogP contribution in [-0.2, 0) is 13.6 Å². The highest BCUT2D eigenvalue weighted by Gasteiger charge is 2.20. The average Bonchev–Trinajstić information content (AvgIpc) is 2.91. The Morgan fingerprint density at radius 2 is 2.16 bits per heavy atom. The van der Waals surface area contributed by atoms with E-state index in [0.717, 1.165) is 23.8 Å². The van der Waals surface area contributed by atoms with Gasteiger partial charge in [-0.25, -0.2) is 0 Å². The zero-order valence-electron chi connectivity index (χ0n) is 12.1. The highest BCUT2D eigenvalue weighted by molar-refractivity contribution is 5.21. The summed E-state index contributed by atoms with van der Waals surface area (Å²) in [5.41, 5.74) is 8.26. The number of nitrogens with zero attached hydrogens (tertiary/aromatic N) is 3. The van der Waals surface area contributed by atoms with E-state index < -0.39 is 0 Å². The van der Waals surface area contributed by atoms with Crippen LogP contribution in [0.15, 0.2) is 22.7 Å². The third-order valence-corrected chi connectivity index (χ3v) is 3.59. The van der Waals surface area contributed by atoms with Crippen LogP contribution in [0, 0.1) is 13.8 Å². The maximum Gasteiger partial charge on any atom is 0.118 e. The molecule has 1 unspecified atom stereocenters. The van der Waals surface area contributed by atoms with E-state index in [-0.39, 0.29) is 6.04 Å². The van der Waals surface area contributed by atoms with Crippen LogP contribution >= 0.6 is 0 Å². The molecule has 2 heterocycles. The predicted molar refractivity (Wildman–Crippen MR) is 74.7 cm³/mol. The molecule has 2 N–H and O–H groups in total. The molecule has 0 saturated heterocycles. The monoisotopic (exact) mass is 262 g/mol. The summed E-state index contributed by atoms with van der Waals surface area (Å²) in [7, 11) is 4.00. The van der Waals surface area contributed by atoms with Crippen LogP contribution in [0.1, 0.15) is 28.8 Å². The Hall–Kier alpha value is -1.59. The van der Waals surface area contributed by atoms with Gasteiger partial charge in [-0.2, -0.15) is 5.10 Å². The molecule has 0 spiro atoms. The minimum atomic E-state index is 0.152. The number of rotatable bonds is 5. The molecule has 0 amide bonds. The summed E-state index contributed by atoms with van der Waals surface area (Å²) < 4.78 is 7.49. The second kappa shape index (κ2) is 5.59. The van der Waals surface area contributed by atoms with Gasteiger partial charge < -0.3 is 10.2 Å². The topological polar surface area (TPSA) is 60.2 Å². The summed E-state index contributed by atoms with van der Waals surface area (Å²) in [4.78, 5) is 2.20. The second-order valence-corrected chi connectivity index (χ2v) is 4.99. The predicted octanol–water partition coefficient (Wildman–Crippen LogP) is 1.76. The molecule has 2 aromatic heterocycles. The fourth-order valence-electron chi connectivity index (χ4n) is 2.31. The zero-order valence-corrected chi connectivity index (χ0v) is 12.1. The van der Waals surface area contributed by atoms with E-state index >= 15 is 0 Å². The van der Waals surface area contributed by atoms with E-state index in [0.29, 0.717) is 6.54 Å². The molecular formula is C14H22N4O. The molecule has 0 aliphatic rings. The molecule has 0 bridgehead atoms. The molecule has 2 rings (SSSR count). The van der Waals surface area contributed by atoms with E-state index in [4.69, 9.17) is 10.2 Å². The number of aromatic nitrogens is 2. The van der Waals surface area contributed by atoms with Crippen LogP contribution in [0.4, 0.5) is 0 Å². The van der Waals surface area contributed by atoms with Crippen molar-refractivity contribution in [3.63, 3.8) is 0 Å². The van der Waals surface area contributed by atoms with Gasteiger partial charge in [-0.1, -0.05) is 0 Å². The van der Waals surface area contributed by atoms with E-state index in [1.54, 1.807) is 0 Å². The van der Waals surface area contributed by atoms with Crippen LogP contribution in [-0.4, -0.2) is 28.3 Å². The minimum absolute atomic E-state index is 0.152. The summed E-state index contributed by atoms with van der Waals surface area (Å²) >= 11 is 0. The number of furan rings is 1. The van der Waals surface area contributed by atoms with Gasteiger partial charge in [0, 0.05) is 24.8 Å². The van der Waals surface area contributed by atoms with E-state index in [9.17, 15) is 0 Å². The molecule has 0 fully saturated rings. The van der Waals surface area contributed by atoms with Crippen LogP contribution in [0.3, 0.4) is 0 Å². The van der Waals surface area contributed by atoms with Crippen molar-refractivity contribution in [3.8, 4) is 0 Å². The van der Waals surface area contributed by atoms with Gasteiger partial charge in [0.1, 0.15) is 11.5 Å². The SMILES string of the molecule is Cc1ccc(CN(C)C(CN)c2cnn(C)c2C)o1. The average molecular weight is 262 g/mol. The number of aryl methyl sites for hydroxylation is 2. The van der Waals surface area contributed by atoms with Gasteiger partial charge in [0.2, 0.25) is 0 Å². The first-order chi connectivity index (χ1) is 9.02. The molecular weight excluding hydrogens is 240 g/mol. The first-order valence-electron chi connectivity index (χ1n) is 6.47. The molecule has 1 atom stereocenters. The summed E-state index contributed by atoms with van der Waals surface area (Å²) in [5, 5.41) is 4.29. The maximum atomic E-state index is 5.93. The quantitative estimate of drug-likeness (QED) is 0.892. The highest BCUT2D eigenvalue weighted by Crippen LogP contribution is 2.23. The summed E-state index contributed by atoms with van der Waals surface area (Å²) in [6.45, 7) is 5.32. The third-order valence-electron chi connectivity index (χ3n) is 3.59. The lowest BCUT2D eigenvalue weighted by Gasteiger charge is -2.26. The fourth-order valence-corrected chi connectivity index (χ4v) is 2.31. The van der Waals surface area contributed by atoms with E-state index in [2.05, 4.69) is 24.0 Å². The first kappa shape index (κ1) is 13.8. The molecule has 19 heavy (non-hydrogen) atoms. The van der Waals surface area contributed by atoms with Gasteiger partial charge in [-0.3, -0.25) is 9.58 Å². The standard InChI is InChI=1S/C14H22N4O/c1-10-5-6-12(19-10)9-17(3)14(7-15)13-8-16-18(4)11(13)2/h5-6,8,14H,7,9,15H2,1-4H3. The van der Waals surface area contributed by atoms with Gasteiger partial charge >= 0.3 is 0 Å². The van der Waals surface area contributed by atoms with Crippen LogP contribution in [0.25, 0.3) is 0 Å². The van der Waals surface area contributed by atoms with Crippen LogP contribution in [0.5, 0.6) is 0 Å². The Bertz CT molecular complexity index is 543. The molecule has 2 aromatic rings. The van der Waals surface area contributed by atoms with Gasteiger partial charge in [0.25, 0.3) is 0 Å². The molecule has 5 heteroatoms. The van der Waals surface area contributed by atoms with Gasteiger partial charge in [0.15, 0.2) is 0 Å². The Kier molecular flexibility index (Phi) is 4.07. The molecule has 0 saturated carbocycles. The molecule has 0 aliphatic heterocycles. The third kappa shape index (κ3) is 2.88. The summed E-state index contributed by atoms with van der Waals surface area (Å²) in [5.74, 6) is 1.89. The Balaban J connectivity index is 2.15. The summed E-state index contributed by atoms with van der Waals surface area (Å²) in [6.07, 6.45) is 1.90. The highest BCUT2D eigenvalue weighted by atomic mass is 16.3. The van der Waals surface area contributed by atoms with Crippen LogP contribution in [0.2, 0.25) is 0 Å². The zero-order chi connectivity index (χ0) is 14.0. The lowest BCUT2D eigenvalue weighted by Crippen LogP contribution is -2.30. The largest absolute Gasteiger partial charge is 0.465 e. The second-order valence-electron chi connectivity index (χ2n) is 4.99. The lowest BCUT2D eigenvalue weighted by molar-refractivity contribution is 0.221. The number of nitrogens with two attached hydrogens (primary N) is 1. The van der Waals surface area contributed by atoms with Crippen molar-refractivity contribution < 1.29 is 4.42 Å². The van der Waals surface area contributed by atoms with Crippen LogP contribution < -0.4 is 5.73 Å². The van der Waals surface area contributed by atoms with Gasteiger partial charge in [-0.05, 0) is 33.0 Å². The van der Waals surface area contributed by atoms with E-state index in [1.165, 1.54) is 5.56 Å². The molecule has 0 aromatic carbocycles. The fraction of sp³-hybridized carbons (Fsp3) is 0.500. The smallest absolute Gasteiger partial charge is 0.118 e. The van der Waals surface area contributed by atoms with Crippen molar-refractivity contribution >= 4 is 0 Å². The minimum Gasteiger partial charge on any atom is -0.465 e. The normalized spacial score (nSPS) is 13.2. The Labute approximate surface area is 114 Å². The molecule has 0 aliphatic carbocycles. The van der Waals surface area contributed by atoms with Crippen molar-refractivity contribution in [2.45, 2.75) is 26.4 Å². The van der Waals surface area contributed by atoms with E-state index in [1.807, 2.05) is 37.0 Å². The maximum absolute atomic E-state index is 5.93. The molecule has 0 radical (unpaired) electrons. The molecule has 5 nitrogen and oxygen atoms in total. The van der Waals surface area contributed by atoms with Crippen molar-refractivity contribution in [3.05, 3.63) is 41.1 Å². The number of likely N-dealkylation sites (N-methyl/N-ethyl adjacent to an activating group) is 1. The van der Waals surface area contributed by atoms with Crippen molar-refractivity contribution in [1.29, 1.82) is 0 Å². The van der Waals surface area contributed by atoms with Crippen molar-refractivity contribution in [2.24, 2.45) is 12.8 Å². The number of hydrogen-bond donors (Lipinski definition) is 1. The Morgan fingerprint density at radius 1 is 1.42 bits per heavy atom. The van der Waals surface area contributed by atoms with Gasteiger partial charge in [0.05, 0.1) is 18.8 Å².